The first kappa shape index (κ1) is 22.4. The van der Waals surface area contributed by atoms with Crippen molar-refractivity contribution in [2.75, 3.05) is 49.1 Å². The van der Waals surface area contributed by atoms with Crippen molar-refractivity contribution < 1.29 is 0 Å². The Kier molecular flexibility index (Phi) is 7.98. The van der Waals surface area contributed by atoms with Crippen LogP contribution in [0, 0.1) is 13.8 Å². The van der Waals surface area contributed by atoms with Crippen molar-refractivity contribution in [3.05, 3.63) is 71.4 Å². The van der Waals surface area contributed by atoms with E-state index < -0.39 is 0 Å². The predicted octanol–water partition coefficient (Wildman–Crippen LogP) is 5.81. The summed E-state index contributed by atoms with van der Waals surface area (Å²) < 4.78 is 0. The van der Waals surface area contributed by atoms with Crippen LogP contribution in [0.15, 0.2) is 54.7 Å². The van der Waals surface area contributed by atoms with E-state index in [4.69, 9.17) is 0 Å². The van der Waals surface area contributed by atoms with Gasteiger partial charge < -0.3 is 9.80 Å². The summed E-state index contributed by atoms with van der Waals surface area (Å²) in [6, 6.07) is 15.8. The van der Waals surface area contributed by atoms with Gasteiger partial charge in [-0.05, 0) is 75.9 Å². The van der Waals surface area contributed by atoms with Crippen LogP contribution in [0.2, 0.25) is 0 Å². The van der Waals surface area contributed by atoms with Gasteiger partial charge in [-0.1, -0.05) is 43.3 Å². The third-order valence-electron chi connectivity index (χ3n) is 6.30. The fourth-order valence-corrected chi connectivity index (χ4v) is 4.35. The zero-order valence-electron chi connectivity index (χ0n) is 19.5. The van der Waals surface area contributed by atoms with Crippen LogP contribution in [-0.4, -0.2) is 44.2 Å². The van der Waals surface area contributed by atoms with E-state index in [2.05, 4.69) is 91.4 Å². The molecule has 0 radical (unpaired) electrons. The largest absolute Gasteiger partial charge is 0.369 e. The van der Waals surface area contributed by atoms with Crippen LogP contribution in [0.3, 0.4) is 0 Å². The van der Waals surface area contributed by atoms with Crippen molar-refractivity contribution in [1.82, 2.24) is 4.90 Å². The SMILES string of the molecule is C=C(C)N(CCCCN1CCN(c2ccc(C)cc2)CC1)c1ccc(CC)cc1C. The second-order valence-electron chi connectivity index (χ2n) is 8.73. The van der Waals surface area contributed by atoms with Crippen molar-refractivity contribution in [3.63, 3.8) is 0 Å². The van der Waals surface area contributed by atoms with Gasteiger partial charge in [-0.25, -0.2) is 0 Å². The van der Waals surface area contributed by atoms with E-state index >= 15 is 0 Å². The van der Waals surface area contributed by atoms with Crippen LogP contribution in [0.4, 0.5) is 11.4 Å². The average Bonchev–Trinajstić information content (AvgIpc) is 2.75. The average molecular weight is 406 g/mol. The van der Waals surface area contributed by atoms with Gasteiger partial charge in [0.05, 0.1) is 0 Å². The molecule has 162 valence electrons. The topological polar surface area (TPSA) is 9.72 Å². The Balaban J connectivity index is 1.43. The highest BCUT2D eigenvalue weighted by molar-refractivity contribution is 5.58. The Morgan fingerprint density at radius 2 is 1.67 bits per heavy atom. The Morgan fingerprint density at radius 3 is 2.27 bits per heavy atom. The van der Waals surface area contributed by atoms with E-state index in [1.807, 2.05) is 0 Å². The highest BCUT2D eigenvalue weighted by atomic mass is 15.3. The maximum absolute atomic E-state index is 4.24. The van der Waals surface area contributed by atoms with Crippen molar-refractivity contribution in [1.29, 1.82) is 0 Å². The molecule has 1 fully saturated rings. The van der Waals surface area contributed by atoms with Gasteiger partial charge in [0, 0.05) is 49.8 Å². The molecule has 0 spiro atoms. The number of anilines is 2. The summed E-state index contributed by atoms with van der Waals surface area (Å²) in [5.41, 5.74) is 7.90. The molecule has 30 heavy (non-hydrogen) atoms. The van der Waals surface area contributed by atoms with Crippen molar-refractivity contribution in [2.24, 2.45) is 0 Å². The van der Waals surface area contributed by atoms with Crippen LogP contribution in [0.5, 0.6) is 0 Å². The molecule has 3 heteroatoms. The Hall–Kier alpha value is -2.26. The summed E-state index contributed by atoms with van der Waals surface area (Å²) in [6.45, 7) is 19.8. The Morgan fingerprint density at radius 1 is 0.967 bits per heavy atom. The van der Waals surface area contributed by atoms with E-state index in [-0.39, 0.29) is 0 Å². The fraction of sp³-hybridized carbons (Fsp3) is 0.481. The van der Waals surface area contributed by atoms with Gasteiger partial charge in [0.25, 0.3) is 0 Å². The molecule has 1 heterocycles. The monoisotopic (exact) mass is 405 g/mol. The minimum Gasteiger partial charge on any atom is -0.369 e. The van der Waals surface area contributed by atoms with E-state index in [1.165, 1.54) is 47.5 Å². The summed E-state index contributed by atoms with van der Waals surface area (Å²) in [7, 11) is 0. The van der Waals surface area contributed by atoms with Crippen molar-refractivity contribution in [2.45, 2.75) is 47.0 Å². The van der Waals surface area contributed by atoms with Gasteiger partial charge in [-0.15, -0.1) is 0 Å². The second-order valence-corrected chi connectivity index (χ2v) is 8.73. The molecule has 1 aliphatic heterocycles. The third kappa shape index (κ3) is 5.89. The summed E-state index contributed by atoms with van der Waals surface area (Å²) in [5, 5.41) is 0. The molecular formula is C27H39N3. The molecule has 0 aliphatic carbocycles. The van der Waals surface area contributed by atoms with E-state index in [1.54, 1.807) is 0 Å². The van der Waals surface area contributed by atoms with E-state index in [0.717, 1.165) is 44.8 Å². The van der Waals surface area contributed by atoms with Crippen LogP contribution in [0.1, 0.15) is 43.4 Å². The molecule has 3 nitrogen and oxygen atoms in total. The lowest BCUT2D eigenvalue weighted by Gasteiger charge is -2.36. The summed E-state index contributed by atoms with van der Waals surface area (Å²) >= 11 is 0. The lowest BCUT2D eigenvalue weighted by atomic mass is 10.1. The zero-order valence-corrected chi connectivity index (χ0v) is 19.5. The molecule has 0 aromatic heterocycles. The third-order valence-corrected chi connectivity index (χ3v) is 6.30. The van der Waals surface area contributed by atoms with Gasteiger partial charge in [-0.3, -0.25) is 4.90 Å². The molecule has 2 aromatic carbocycles. The lowest BCUT2D eigenvalue weighted by molar-refractivity contribution is 0.253. The molecule has 0 bridgehead atoms. The smallest absolute Gasteiger partial charge is 0.0437 e. The molecule has 0 unspecified atom stereocenters. The summed E-state index contributed by atoms with van der Waals surface area (Å²) in [5.74, 6) is 0. The van der Waals surface area contributed by atoms with Crippen molar-refractivity contribution >= 4 is 11.4 Å². The number of unbranched alkanes of at least 4 members (excludes halogenated alkanes) is 1. The quantitative estimate of drug-likeness (QED) is 0.488. The number of allylic oxidation sites excluding steroid dienone is 1. The van der Waals surface area contributed by atoms with Crippen LogP contribution in [0.25, 0.3) is 0 Å². The Bertz CT molecular complexity index is 817. The van der Waals surface area contributed by atoms with Crippen molar-refractivity contribution in [3.8, 4) is 0 Å². The number of hydrogen-bond acceptors (Lipinski definition) is 3. The van der Waals surface area contributed by atoms with Gasteiger partial charge in [0.15, 0.2) is 0 Å². The fourth-order valence-electron chi connectivity index (χ4n) is 4.35. The van der Waals surface area contributed by atoms with E-state index in [9.17, 15) is 0 Å². The molecular weight excluding hydrogens is 366 g/mol. The second kappa shape index (κ2) is 10.7. The molecule has 2 aromatic rings. The standard InChI is InChI=1S/C27H39N3/c1-6-25-11-14-27(24(5)21-25)30(22(2)3)16-8-7-15-28-17-19-29(20-18-28)26-12-9-23(4)10-13-26/h9-14,21H,2,6-8,15-20H2,1,3-5H3. The minimum atomic E-state index is 1.05. The number of benzene rings is 2. The summed E-state index contributed by atoms with van der Waals surface area (Å²) in [4.78, 5) is 7.53. The molecule has 0 N–H and O–H groups in total. The minimum absolute atomic E-state index is 1.05. The lowest BCUT2D eigenvalue weighted by Crippen LogP contribution is -2.46. The highest BCUT2D eigenvalue weighted by Crippen LogP contribution is 2.25. The first-order valence-electron chi connectivity index (χ1n) is 11.5. The predicted molar refractivity (Wildman–Crippen MR) is 132 cm³/mol. The van der Waals surface area contributed by atoms with Gasteiger partial charge in [0.1, 0.15) is 0 Å². The maximum atomic E-state index is 4.24. The van der Waals surface area contributed by atoms with Crippen LogP contribution in [-0.2, 0) is 6.42 Å². The number of hydrogen-bond donors (Lipinski definition) is 0. The first-order chi connectivity index (χ1) is 14.5. The number of piperazine rings is 1. The van der Waals surface area contributed by atoms with E-state index in [0.29, 0.717) is 0 Å². The van der Waals surface area contributed by atoms with Crippen LogP contribution < -0.4 is 9.80 Å². The Labute approximate surface area is 184 Å². The maximum Gasteiger partial charge on any atom is 0.0437 e. The van der Waals surface area contributed by atoms with Gasteiger partial charge >= 0.3 is 0 Å². The molecule has 3 rings (SSSR count). The summed E-state index contributed by atoms with van der Waals surface area (Å²) in [6.07, 6.45) is 3.52. The molecule has 0 atom stereocenters. The zero-order chi connectivity index (χ0) is 21.5. The number of rotatable bonds is 9. The highest BCUT2D eigenvalue weighted by Gasteiger charge is 2.17. The molecule has 1 aliphatic rings. The molecule has 0 amide bonds. The first-order valence-corrected chi connectivity index (χ1v) is 11.5. The number of nitrogens with zero attached hydrogens (tertiary/aromatic N) is 3. The van der Waals surface area contributed by atoms with Gasteiger partial charge in [0.2, 0.25) is 0 Å². The normalized spacial score (nSPS) is 14.7. The van der Waals surface area contributed by atoms with Crippen LogP contribution >= 0.6 is 0 Å². The molecule has 1 saturated heterocycles. The van der Waals surface area contributed by atoms with Gasteiger partial charge in [-0.2, -0.15) is 0 Å². The number of aryl methyl sites for hydroxylation is 3. The molecule has 0 saturated carbocycles.